The highest BCUT2D eigenvalue weighted by atomic mass is 35.5. The molecule has 218 valence electrons. The summed E-state index contributed by atoms with van der Waals surface area (Å²) in [6.07, 6.45) is 7.49. The Morgan fingerprint density at radius 1 is 1.23 bits per heavy atom. The molecule has 4 aromatic rings. The molecule has 5 heterocycles. The largest absolute Gasteiger partial charge is 0.475 e. The molecule has 3 aliphatic heterocycles. The van der Waals surface area contributed by atoms with Crippen LogP contribution in [-0.2, 0) is 4.79 Å². The number of likely N-dealkylation sites (tertiary alicyclic amines) is 2. The number of hydrogen-bond acceptors (Lipinski definition) is 7. The van der Waals surface area contributed by atoms with Gasteiger partial charge in [-0.2, -0.15) is 5.26 Å². The predicted octanol–water partition coefficient (Wildman–Crippen LogP) is 5.56. The molecule has 3 saturated heterocycles. The molecule has 3 aliphatic rings. The third-order valence-corrected chi connectivity index (χ3v) is 9.59. The SMILES string of the molecule is C=CC(=O)N1CC[C@@H]2[C@H]1CN2c1c(C#N)c(OC[C@@H]2CCCN2C)nc2cc(-c3cncc4cccc(Cl)c34)c(F)cc12. The summed E-state index contributed by atoms with van der Waals surface area (Å²) in [6, 6.07) is 11.2. The number of anilines is 1. The van der Waals surface area contributed by atoms with E-state index in [1.165, 1.54) is 12.1 Å². The second-order valence-corrected chi connectivity index (χ2v) is 11.9. The van der Waals surface area contributed by atoms with Gasteiger partial charge in [0.1, 0.15) is 24.1 Å². The van der Waals surface area contributed by atoms with Gasteiger partial charge in [-0.15, -0.1) is 0 Å². The highest BCUT2D eigenvalue weighted by Gasteiger charge is 2.49. The van der Waals surface area contributed by atoms with Gasteiger partial charge in [0.05, 0.1) is 23.3 Å². The van der Waals surface area contributed by atoms with Gasteiger partial charge >= 0.3 is 0 Å². The topological polar surface area (TPSA) is 85.6 Å². The van der Waals surface area contributed by atoms with Crippen molar-refractivity contribution in [1.82, 2.24) is 19.8 Å². The minimum absolute atomic E-state index is 0.000716. The summed E-state index contributed by atoms with van der Waals surface area (Å²) in [4.78, 5) is 27.8. The molecule has 2 aromatic heterocycles. The Balaban J connectivity index is 1.38. The van der Waals surface area contributed by atoms with Crippen molar-refractivity contribution in [3.8, 4) is 23.1 Å². The second-order valence-electron chi connectivity index (χ2n) is 11.5. The van der Waals surface area contributed by atoms with Crippen molar-refractivity contribution in [3.63, 3.8) is 0 Å². The third-order valence-electron chi connectivity index (χ3n) is 9.27. The summed E-state index contributed by atoms with van der Waals surface area (Å²) in [7, 11) is 2.07. The normalized spacial score (nSPS) is 21.6. The molecule has 7 rings (SSSR count). The van der Waals surface area contributed by atoms with Gasteiger partial charge in [-0.1, -0.05) is 30.3 Å². The Bertz CT molecular complexity index is 1840. The van der Waals surface area contributed by atoms with Crippen LogP contribution >= 0.6 is 11.6 Å². The molecule has 0 N–H and O–H groups in total. The Morgan fingerprint density at radius 3 is 2.86 bits per heavy atom. The van der Waals surface area contributed by atoms with Crippen molar-refractivity contribution in [2.45, 2.75) is 37.4 Å². The van der Waals surface area contributed by atoms with E-state index in [2.05, 4.69) is 34.5 Å². The number of nitriles is 1. The number of pyridine rings is 2. The summed E-state index contributed by atoms with van der Waals surface area (Å²) in [5.74, 6) is -0.339. The van der Waals surface area contributed by atoms with E-state index in [0.29, 0.717) is 57.8 Å². The van der Waals surface area contributed by atoms with E-state index in [-0.39, 0.29) is 35.5 Å². The van der Waals surface area contributed by atoms with E-state index in [1.54, 1.807) is 24.5 Å². The smallest absolute Gasteiger partial charge is 0.246 e. The lowest BCUT2D eigenvalue weighted by Crippen LogP contribution is -2.63. The Labute approximate surface area is 253 Å². The fraction of sp³-hybridized carbons (Fsp3) is 0.333. The average Bonchev–Trinajstić information content (AvgIpc) is 3.57. The minimum Gasteiger partial charge on any atom is -0.475 e. The lowest BCUT2D eigenvalue weighted by molar-refractivity contribution is -0.127. The zero-order chi connectivity index (χ0) is 29.8. The van der Waals surface area contributed by atoms with Gasteiger partial charge in [0.15, 0.2) is 0 Å². The molecule has 1 amide bonds. The van der Waals surface area contributed by atoms with E-state index in [0.717, 1.165) is 31.2 Å². The summed E-state index contributed by atoms with van der Waals surface area (Å²) >= 11 is 6.59. The fourth-order valence-corrected chi connectivity index (χ4v) is 7.27. The maximum atomic E-state index is 16.1. The van der Waals surface area contributed by atoms with Gasteiger partial charge in [-0.05, 0) is 57.1 Å². The zero-order valence-corrected chi connectivity index (χ0v) is 24.5. The van der Waals surface area contributed by atoms with E-state index in [4.69, 9.17) is 21.3 Å². The van der Waals surface area contributed by atoms with Crippen molar-refractivity contribution >= 4 is 44.9 Å². The van der Waals surface area contributed by atoms with Crippen LogP contribution in [0.15, 0.2) is 55.4 Å². The Kier molecular flexibility index (Phi) is 6.91. The highest BCUT2D eigenvalue weighted by Crippen LogP contribution is 2.45. The highest BCUT2D eigenvalue weighted by molar-refractivity contribution is 6.36. The molecule has 0 bridgehead atoms. The molecule has 3 atom stereocenters. The number of ether oxygens (including phenoxy) is 1. The maximum Gasteiger partial charge on any atom is 0.246 e. The number of benzene rings is 2. The van der Waals surface area contributed by atoms with Crippen molar-refractivity contribution in [2.75, 3.05) is 38.2 Å². The van der Waals surface area contributed by atoms with Crippen molar-refractivity contribution < 1.29 is 13.9 Å². The van der Waals surface area contributed by atoms with Gasteiger partial charge in [0.25, 0.3) is 0 Å². The van der Waals surface area contributed by atoms with Crippen LogP contribution in [0.4, 0.5) is 10.1 Å². The monoisotopic (exact) mass is 596 g/mol. The third kappa shape index (κ3) is 4.48. The summed E-state index contributed by atoms with van der Waals surface area (Å²) < 4.78 is 22.4. The molecule has 0 radical (unpaired) electrons. The van der Waals surface area contributed by atoms with Crippen molar-refractivity contribution in [2.24, 2.45) is 0 Å². The first kappa shape index (κ1) is 27.6. The number of fused-ring (bicyclic) bond motifs is 3. The van der Waals surface area contributed by atoms with Gasteiger partial charge in [-0.3, -0.25) is 9.78 Å². The molecule has 3 fully saturated rings. The van der Waals surface area contributed by atoms with E-state index < -0.39 is 5.82 Å². The number of aromatic nitrogens is 2. The standard InChI is InChI=1S/C33H30ClFN6O2/c1-3-30(42)40-11-9-28-29(40)17-41(28)32-22-12-26(35)21(24-16-37-15-19-6-4-8-25(34)31(19)24)13-27(22)38-33(23(32)14-36)43-18-20-7-5-10-39(20)2/h3-4,6,8,12-13,15-16,20,28-29H,1,5,7,9-11,17-18H2,2H3/t20-,28+,29+/m0/s1. The minimum atomic E-state index is -0.470. The molecular weight excluding hydrogens is 567 g/mol. The second kappa shape index (κ2) is 10.8. The van der Waals surface area contributed by atoms with E-state index in [1.807, 2.05) is 17.0 Å². The number of rotatable bonds is 6. The Hall–Kier alpha value is -4.26. The number of carbonyl (C=O) groups excluding carboxylic acids is 1. The Morgan fingerprint density at radius 2 is 2.09 bits per heavy atom. The van der Waals surface area contributed by atoms with Crippen LogP contribution in [0.1, 0.15) is 24.8 Å². The van der Waals surface area contributed by atoms with Gasteiger partial charge in [0.2, 0.25) is 11.8 Å². The summed E-state index contributed by atoms with van der Waals surface area (Å²) in [5.41, 5.74) is 2.25. The molecule has 2 aromatic carbocycles. The molecule has 0 aliphatic carbocycles. The quantitative estimate of drug-likeness (QED) is 0.269. The molecule has 0 spiro atoms. The van der Waals surface area contributed by atoms with Crippen molar-refractivity contribution in [3.05, 3.63) is 71.8 Å². The average molecular weight is 597 g/mol. The first-order valence-corrected chi connectivity index (χ1v) is 14.9. The fourth-order valence-electron chi connectivity index (χ4n) is 6.98. The lowest BCUT2D eigenvalue weighted by Gasteiger charge is -2.48. The molecule has 0 unspecified atom stereocenters. The van der Waals surface area contributed by atoms with Gasteiger partial charge in [-0.25, -0.2) is 9.37 Å². The first-order valence-electron chi connectivity index (χ1n) is 14.5. The number of likely N-dealkylation sites (N-methyl/N-ethyl adjacent to an activating group) is 1. The van der Waals surface area contributed by atoms with Crippen LogP contribution in [0, 0.1) is 17.1 Å². The number of hydrogen-bond donors (Lipinski definition) is 0. The molecule has 0 saturated carbocycles. The van der Waals surface area contributed by atoms with Crippen LogP contribution in [0.2, 0.25) is 5.02 Å². The van der Waals surface area contributed by atoms with E-state index >= 15 is 4.39 Å². The number of carbonyl (C=O) groups is 1. The first-order chi connectivity index (χ1) is 20.9. The van der Waals surface area contributed by atoms with E-state index in [9.17, 15) is 10.1 Å². The van der Waals surface area contributed by atoms with Gasteiger partial charge in [0, 0.05) is 63.8 Å². The molecule has 43 heavy (non-hydrogen) atoms. The molecule has 10 heteroatoms. The van der Waals surface area contributed by atoms with Crippen LogP contribution < -0.4 is 9.64 Å². The van der Waals surface area contributed by atoms with Crippen LogP contribution in [0.25, 0.3) is 32.8 Å². The summed E-state index contributed by atoms with van der Waals surface area (Å²) in [6.45, 7) is 6.16. The predicted molar refractivity (Wildman–Crippen MR) is 165 cm³/mol. The zero-order valence-electron chi connectivity index (χ0n) is 23.8. The van der Waals surface area contributed by atoms with Gasteiger partial charge < -0.3 is 19.4 Å². The number of amides is 1. The molecule has 8 nitrogen and oxygen atoms in total. The maximum absolute atomic E-state index is 16.1. The van der Waals surface area contributed by atoms with Crippen LogP contribution in [0.3, 0.4) is 0 Å². The lowest BCUT2D eigenvalue weighted by atomic mass is 9.92. The van der Waals surface area contributed by atoms with Crippen LogP contribution in [-0.4, -0.2) is 77.1 Å². The number of halogens is 2. The summed E-state index contributed by atoms with van der Waals surface area (Å²) in [5, 5.41) is 13.0. The number of nitrogens with zero attached hydrogens (tertiary/aromatic N) is 6. The van der Waals surface area contributed by atoms with Crippen molar-refractivity contribution in [1.29, 1.82) is 5.26 Å². The molecular formula is C33H30ClFN6O2. The van der Waals surface area contributed by atoms with Crippen LogP contribution in [0.5, 0.6) is 5.88 Å².